The molecule has 1 aromatic carbocycles. The summed E-state index contributed by atoms with van der Waals surface area (Å²) in [6.07, 6.45) is 0.376. The molecule has 0 fully saturated rings. The number of amides is 1. The van der Waals surface area contributed by atoms with E-state index in [0.29, 0.717) is 6.42 Å². The number of ether oxygens (including phenoxy) is 2. The predicted octanol–water partition coefficient (Wildman–Crippen LogP) is 3.03. The number of hydrogen-bond donors (Lipinski definition) is 1. The molecular weight excluding hydrogens is 306 g/mol. The number of benzene rings is 1. The van der Waals surface area contributed by atoms with E-state index in [0.717, 1.165) is 34.1 Å². The van der Waals surface area contributed by atoms with Gasteiger partial charge >= 0.3 is 0 Å². The zero-order valence-electron chi connectivity index (χ0n) is 14.7. The molecular formula is C18H23N3O3. The normalized spacial score (nSPS) is 16.8. The van der Waals surface area contributed by atoms with E-state index < -0.39 is 0 Å². The van der Waals surface area contributed by atoms with Crippen molar-refractivity contribution in [2.24, 2.45) is 7.05 Å². The molecule has 0 saturated heterocycles. The lowest BCUT2D eigenvalue weighted by Crippen LogP contribution is -2.25. The minimum absolute atomic E-state index is 0.0105. The fourth-order valence-corrected chi connectivity index (χ4v) is 3.32. The molecule has 128 valence electrons. The maximum Gasteiger partial charge on any atom is 0.226 e. The third-order valence-corrected chi connectivity index (χ3v) is 4.47. The first kappa shape index (κ1) is 16.4. The van der Waals surface area contributed by atoms with Crippen LogP contribution in [0, 0.1) is 0 Å². The topological polar surface area (TPSA) is 65.4 Å². The van der Waals surface area contributed by atoms with Crippen molar-refractivity contribution in [1.82, 2.24) is 9.78 Å². The predicted molar refractivity (Wildman–Crippen MR) is 91.9 cm³/mol. The average molecular weight is 329 g/mol. The molecule has 3 rings (SSSR count). The van der Waals surface area contributed by atoms with E-state index in [4.69, 9.17) is 9.47 Å². The zero-order valence-corrected chi connectivity index (χ0v) is 14.7. The van der Waals surface area contributed by atoms with Gasteiger partial charge in [-0.2, -0.15) is 5.10 Å². The Hall–Kier alpha value is -2.50. The molecule has 1 N–H and O–H groups in total. The second-order valence-corrected chi connectivity index (χ2v) is 6.34. The van der Waals surface area contributed by atoms with Crippen LogP contribution in [0.4, 0.5) is 5.82 Å². The zero-order chi connectivity index (χ0) is 17.4. The van der Waals surface area contributed by atoms with Crippen LogP contribution in [-0.2, 0) is 11.8 Å². The number of rotatable bonds is 4. The van der Waals surface area contributed by atoms with Gasteiger partial charge in [-0.15, -0.1) is 0 Å². The Labute approximate surface area is 141 Å². The first-order valence-corrected chi connectivity index (χ1v) is 8.04. The van der Waals surface area contributed by atoms with Crippen LogP contribution in [0.5, 0.6) is 11.5 Å². The van der Waals surface area contributed by atoms with Crippen LogP contribution in [0.25, 0.3) is 0 Å². The van der Waals surface area contributed by atoms with Crippen molar-refractivity contribution < 1.29 is 14.3 Å². The average Bonchev–Trinajstić information content (AvgIpc) is 2.90. The summed E-state index contributed by atoms with van der Waals surface area (Å²) in [5.41, 5.74) is 3.07. The summed E-state index contributed by atoms with van der Waals surface area (Å²) in [5, 5.41) is 7.59. The quantitative estimate of drug-likeness (QED) is 0.936. The Morgan fingerprint density at radius 1 is 1.29 bits per heavy atom. The van der Waals surface area contributed by atoms with Gasteiger partial charge in [-0.1, -0.05) is 19.9 Å². The molecule has 1 unspecified atom stereocenters. The molecule has 1 amide bonds. The van der Waals surface area contributed by atoms with Gasteiger partial charge in [0.1, 0.15) is 17.3 Å². The first-order valence-electron chi connectivity index (χ1n) is 8.04. The summed E-state index contributed by atoms with van der Waals surface area (Å²) < 4.78 is 12.6. The molecule has 24 heavy (non-hydrogen) atoms. The van der Waals surface area contributed by atoms with Crippen molar-refractivity contribution >= 4 is 11.7 Å². The molecule has 1 aliphatic heterocycles. The van der Waals surface area contributed by atoms with Crippen LogP contribution < -0.4 is 14.8 Å². The fraction of sp³-hybridized carbons (Fsp3) is 0.444. The molecule has 0 spiro atoms. The van der Waals surface area contributed by atoms with Gasteiger partial charge < -0.3 is 14.8 Å². The van der Waals surface area contributed by atoms with E-state index in [9.17, 15) is 4.79 Å². The highest BCUT2D eigenvalue weighted by Gasteiger charge is 2.34. The summed E-state index contributed by atoms with van der Waals surface area (Å²) in [6, 6.07) is 5.73. The number of methoxy groups -OCH3 is 2. The van der Waals surface area contributed by atoms with Crippen molar-refractivity contribution in [3.8, 4) is 11.5 Å². The lowest BCUT2D eigenvalue weighted by atomic mass is 9.83. The van der Waals surface area contributed by atoms with Gasteiger partial charge in [-0.25, -0.2) is 0 Å². The molecule has 0 aliphatic carbocycles. The lowest BCUT2D eigenvalue weighted by molar-refractivity contribution is -0.116. The van der Waals surface area contributed by atoms with E-state index in [1.165, 1.54) is 0 Å². The fourth-order valence-electron chi connectivity index (χ4n) is 3.32. The van der Waals surface area contributed by atoms with E-state index in [2.05, 4.69) is 24.3 Å². The Bertz CT molecular complexity index is 780. The summed E-state index contributed by atoms with van der Waals surface area (Å²) in [5.74, 6) is 2.40. The van der Waals surface area contributed by atoms with Crippen molar-refractivity contribution in [2.45, 2.75) is 32.1 Å². The number of hydrogen-bond acceptors (Lipinski definition) is 4. The highest BCUT2D eigenvalue weighted by Crippen LogP contribution is 2.44. The molecule has 6 nitrogen and oxygen atoms in total. The van der Waals surface area contributed by atoms with E-state index in [-0.39, 0.29) is 17.7 Å². The third-order valence-electron chi connectivity index (χ3n) is 4.47. The second-order valence-electron chi connectivity index (χ2n) is 6.34. The van der Waals surface area contributed by atoms with Gasteiger partial charge in [-0.05, 0) is 12.0 Å². The molecule has 2 aromatic rings. The number of carbonyl (C=O) groups excluding carboxylic acids is 1. The summed E-state index contributed by atoms with van der Waals surface area (Å²) in [7, 11) is 5.12. The van der Waals surface area contributed by atoms with Gasteiger partial charge in [0.15, 0.2) is 0 Å². The molecule has 1 aromatic heterocycles. The van der Waals surface area contributed by atoms with Crippen molar-refractivity contribution in [3.63, 3.8) is 0 Å². The molecule has 1 atom stereocenters. The SMILES string of the molecule is COc1ccc(C2CC(=O)Nc3c2c(C(C)C)nn3C)c(OC)c1. The van der Waals surface area contributed by atoms with Gasteiger partial charge in [0.2, 0.25) is 5.91 Å². The van der Waals surface area contributed by atoms with Crippen LogP contribution in [-0.4, -0.2) is 29.9 Å². The van der Waals surface area contributed by atoms with Gasteiger partial charge in [0, 0.05) is 36.6 Å². The highest BCUT2D eigenvalue weighted by atomic mass is 16.5. The number of nitrogens with zero attached hydrogens (tertiary/aromatic N) is 2. The van der Waals surface area contributed by atoms with Gasteiger partial charge in [-0.3, -0.25) is 9.48 Å². The van der Waals surface area contributed by atoms with Gasteiger partial charge in [0.05, 0.1) is 19.9 Å². The largest absolute Gasteiger partial charge is 0.497 e. The van der Waals surface area contributed by atoms with Crippen LogP contribution in [0.2, 0.25) is 0 Å². The van der Waals surface area contributed by atoms with E-state index in [1.807, 2.05) is 25.2 Å². The Morgan fingerprint density at radius 3 is 2.67 bits per heavy atom. The number of fused-ring (bicyclic) bond motifs is 1. The number of nitrogens with one attached hydrogen (secondary N) is 1. The molecule has 0 bridgehead atoms. The molecule has 0 saturated carbocycles. The number of aryl methyl sites for hydroxylation is 1. The van der Waals surface area contributed by atoms with Crippen LogP contribution in [0.15, 0.2) is 18.2 Å². The smallest absolute Gasteiger partial charge is 0.226 e. The number of aromatic nitrogens is 2. The van der Waals surface area contributed by atoms with Gasteiger partial charge in [0.25, 0.3) is 0 Å². The Morgan fingerprint density at radius 2 is 2.04 bits per heavy atom. The maximum absolute atomic E-state index is 12.2. The standard InChI is InChI=1S/C18H23N3O3/c1-10(2)17-16-13(9-15(22)19-18(16)21(3)20-17)12-7-6-11(23-4)8-14(12)24-5/h6-8,10,13H,9H2,1-5H3,(H,19,22). The molecule has 1 aliphatic rings. The Kier molecular flexibility index (Phi) is 4.22. The van der Waals surface area contributed by atoms with Crippen LogP contribution >= 0.6 is 0 Å². The Balaban J connectivity index is 2.19. The van der Waals surface area contributed by atoms with Crippen LogP contribution in [0.3, 0.4) is 0 Å². The van der Waals surface area contributed by atoms with E-state index in [1.54, 1.807) is 18.9 Å². The minimum Gasteiger partial charge on any atom is -0.497 e. The van der Waals surface area contributed by atoms with E-state index >= 15 is 0 Å². The second kappa shape index (κ2) is 6.19. The molecule has 6 heteroatoms. The van der Waals surface area contributed by atoms with Crippen molar-refractivity contribution in [2.75, 3.05) is 19.5 Å². The summed E-state index contributed by atoms with van der Waals surface area (Å²) in [4.78, 5) is 12.2. The molecule has 2 heterocycles. The minimum atomic E-state index is -0.0827. The monoisotopic (exact) mass is 329 g/mol. The lowest BCUT2D eigenvalue weighted by Gasteiger charge is -2.26. The number of anilines is 1. The van der Waals surface area contributed by atoms with Crippen LogP contribution in [0.1, 0.15) is 48.9 Å². The first-order chi connectivity index (χ1) is 11.5. The number of carbonyl (C=O) groups is 1. The van der Waals surface area contributed by atoms with Crippen molar-refractivity contribution in [1.29, 1.82) is 0 Å². The third kappa shape index (κ3) is 2.62. The maximum atomic E-state index is 12.2. The van der Waals surface area contributed by atoms with Crippen molar-refractivity contribution in [3.05, 3.63) is 35.0 Å². The summed E-state index contributed by atoms with van der Waals surface area (Å²) in [6.45, 7) is 4.22. The highest BCUT2D eigenvalue weighted by molar-refractivity contribution is 5.94. The summed E-state index contributed by atoms with van der Waals surface area (Å²) >= 11 is 0. The molecule has 0 radical (unpaired) electrons.